The van der Waals surface area contributed by atoms with Crippen LogP contribution in [0.3, 0.4) is 0 Å². The van der Waals surface area contributed by atoms with Crippen LogP contribution in [0.15, 0.2) is 47.5 Å². The Bertz CT molecular complexity index is 831. The van der Waals surface area contributed by atoms with Gasteiger partial charge < -0.3 is 4.74 Å². The monoisotopic (exact) mass is 382 g/mol. The molecule has 0 fully saturated rings. The smallest absolute Gasteiger partial charge is 0.233 e. The minimum Gasteiger partial charge on any atom is -0.494 e. The van der Waals surface area contributed by atoms with E-state index in [1.54, 1.807) is 11.8 Å². The Balaban J connectivity index is 1.59. The van der Waals surface area contributed by atoms with Crippen LogP contribution in [0.1, 0.15) is 29.2 Å². The molecule has 142 valence electrons. The molecule has 0 saturated heterocycles. The molecule has 1 heterocycles. The molecule has 0 unspecified atom stereocenters. The molecule has 3 rings (SSSR count). The van der Waals surface area contributed by atoms with Crippen molar-refractivity contribution in [3.8, 4) is 5.75 Å². The van der Waals surface area contributed by atoms with E-state index in [2.05, 4.69) is 37.0 Å². The highest BCUT2D eigenvalue weighted by atomic mass is 32.2. The van der Waals surface area contributed by atoms with Gasteiger partial charge in [-0.1, -0.05) is 47.7 Å². The third-order valence-corrected chi connectivity index (χ3v) is 5.62. The number of hydrogen-bond donors (Lipinski definition) is 0. The number of nitrogens with zero attached hydrogens (tertiary/aromatic N) is 2. The summed E-state index contributed by atoms with van der Waals surface area (Å²) >= 11 is 1.65. The van der Waals surface area contributed by atoms with Crippen molar-refractivity contribution in [2.75, 3.05) is 19.7 Å². The highest BCUT2D eigenvalue weighted by Gasteiger charge is 2.24. The molecule has 2 aromatic rings. The minimum absolute atomic E-state index is 0.101. The molecule has 0 atom stereocenters. The molecule has 0 bridgehead atoms. The Morgan fingerprint density at radius 3 is 2.70 bits per heavy atom. The summed E-state index contributed by atoms with van der Waals surface area (Å²) in [7, 11) is 0. The number of amidine groups is 1. The second-order valence-electron chi connectivity index (χ2n) is 6.68. The summed E-state index contributed by atoms with van der Waals surface area (Å²) in [6.07, 6.45) is 0.384. The van der Waals surface area contributed by atoms with Gasteiger partial charge in [-0.15, -0.1) is 0 Å². The number of rotatable bonds is 6. The first kappa shape index (κ1) is 19.5. The van der Waals surface area contributed by atoms with Gasteiger partial charge in [0.1, 0.15) is 5.75 Å². The molecular weight excluding hydrogens is 356 g/mol. The van der Waals surface area contributed by atoms with Gasteiger partial charge in [0.15, 0.2) is 5.17 Å². The fraction of sp³-hybridized carbons (Fsp3) is 0.364. The summed E-state index contributed by atoms with van der Waals surface area (Å²) in [5.74, 6) is 1.77. The lowest BCUT2D eigenvalue weighted by atomic mass is 10.1. The van der Waals surface area contributed by atoms with Gasteiger partial charge in [0.05, 0.1) is 19.6 Å². The van der Waals surface area contributed by atoms with Gasteiger partial charge in [-0.25, -0.2) is 0 Å². The van der Waals surface area contributed by atoms with Crippen molar-refractivity contribution in [3.63, 3.8) is 0 Å². The number of aryl methyl sites for hydroxylation is 2. The van der Waals surface area contributed by atoms with Crippen LogP contribution in [-0.4, -0.2) is 35.7 Å². The summed E-state index contributed by atoms with van der Waals surface area (Å²) in [6.45, 7) is 8.19. The van der Waals surface area contributed by atoms with Crippen molar-refractivity contribution in [2.45, 2.75) is 32.9 Å². The standard InChI is InChI=1S/C22H26N2O2S/c1-4-26-20-9-7-18(8-10-20)14-21(25)24-12-11-23-22(24)27-15-19-13-16(2)5-6-17(19)3/h5-10,13H,4,11-12,14-15H2,1-3H3. The second kappa shape index (κ2) is 9.09. The number of thioether (sulfide) groups is 1. The number of aliphatic imine (C=N–C) groups is 1. The van der Waals surface area contributed by atoms with E-state index in [4.69, 9.17) is 4.74 Å². The van der Waals surface area contributed by atoms with Crippen LogP contribution in [0.25, 0.3) is 0 Å². The van der Waals surface area contributed by atoms with Crippen LogP contribution in [0.4, 0.5) is 0 Å². The maximum atomic E-state index is 12.8. The molecule has 0 N–H and O–H groups in total. The number of benzene rings is 2. The molecular formula is C22H26N2O2S. The largest absolute Gasteiger partial charge is 0.494 e. The summed E-state index contributed by atoms with van der Waals surface area (Å²) < 4.78 is 5.46. The van der Waals surface area contributed by atoms with Gasteiger partial charge in [-0.2, -0.15) is 0 Å². The molecule has 0 spiro atoms. The summed E-state index contributed by atoms with van der Waals surface area (Å²) in [6, 6.07) is 14.2. The number of carbonyl (C=O) groups is 1. The van der Waals surface area contributed by atoms with Crippen molar-refractivity contribution in [3.05, 3.63) is 64.7 Å². The Kier molecular flexibility index (Phi) is 6.56. The van der Waals surface area contributed by atoms with Crippen molar-refractivity contribution in [1.82, 2.24) is 4.90 Å². The van der Waals surface area contributed by atoms with Gasteiger partial charge in [-0.05, 0) is 49.6 Å². The first-order chi connectivity index (χ1) is 13.1. The topological polar surface area (TPSA) is 41.9 Å². The van der Waals surface area contributed by atoms with E-state index in [1.165, 1.54) is 16.7 Å². The normalized spacial score (nSPS) is 13.6. The van der Waals surface area contributed by atoms with Crippen LogP contribution in [0.5, 0.6) is 5.75 Å². The highest BCUT2D eigenvalue weighted by Crippen LogP contribution is 2.23. The molecule has 27 heavy (non-hydrogen) atoms. The molecule has 1 amide bonds. The fourth-order valence-electron chi connectivity index (χ4n) is 3.02. The molecule has 0 aromatic heterocycles. The van der Waals surface area contributed by atoms with Gasteiger partial charge in [0.25, 0.3) is 0 Å². The second-order valence-corrected chi connectivity index (χ2v) is 7.62. The maximum Gasteiger partial charge on any atom is 0.233 e. The molecule has 2 aromatic carbocycles. The van der Waals surface area contributed by atoms with Crippen LogP contribution >= 0.6 is 11.8 Å². The average molecular weight is 383 g/mol. The van der Waals surface area contributed by atoms with E-state index in [-0.39, 0.29) is 5.91 Å². The van der Waals surface area contributed by atoms with Crippen LogP contribution in [-0.2, 0) is 17.0 Å². The van der Waals surface area contributed by atoms with Crippen molar-refractivity contribution < 1.29 is 9.53 Å². The SMILES string of the molecule is CCOc1ccc(CC(=O)N2CCN=C2SCc2cc(C)ccc2C)cc1. The van der Waals surface area contributed by atoms with Gasteiger partial charge in [-0.3, -0.25) is 14.7 Å². The predicted molar refractivity (Wildman–Crippen MR) is 113 cm³/mol. The van der Waals surface area contributed by atoms with Crippen LogP contribution in [0, 0.1) is 13.8 Å². The number of amides is 1. The summed E-state index contributed by atoms with van der Waals surface area (Å²) in [4.78, 5) is 19.1. The molecule has 0 aliphatic carbocycles. The molecule has 5 heteroatoms. The Hall–Kier alpha value is -2.27. The van der Waals surface area contributed by atoms with E-state index in [9.17, 15) is 4.79 Å². The zero-order chi connectivity index (χ0) is 19.2. The molecule has 0 saturated carbocycles. The van der Waals surface area contributed by atoms with Crippen LogP contribution in [0.2, 0.25) is 0 Å². The lowest BCUT2D eigenvalue weighted by molar-refractivity contribution is -0.126. The first-order valence-electron chi connectivity index (χ1n) is 9.32. The third kappa shape index (κ3) is 5.13. The van der Waals surface area contributed by atoms with Crippen molar-refractivity contribution in [1.29, 1.82) is 0 Å². The Morgan fingerprint density at radius 1 is 1.19 bits per heavy atom. The zero-order valence-corrected chi connectivity index (χ0v) is 17.0. The summed E-state index contributed by atoms with van der Waals surface area (Å²) in [5, 5.41) is 0.840. The van der Waals surface area contributed by atoms with Gasteiger partial charge in [0.2, 0.25) is 5.91 Å². The van der Waals surface area contributed by atoms with Gasteiger partial charge >= 0.3 is 0 Å². The zero-order valence-electron chi connectivity index (χ0n) is 16.2. The van der Waals surface area contributed by atoms with E-state index >= 15 is 0 Å². The first-order valence-corrected chi connectivity index (χ1v) is 10.3. The van der Waals surface area contributed by atoms with Crippen molar-refractivity contribution >= 4 is 22.8 Å². The molecule has 4 nitrogen and oxygen atoms in total. The number of ether oxygens (including phenoxy) is 1. The number of hydrogen-bond acceptors (Lipinski definition) is 4. The van der Waals surface area contributed by atoms with E-state index < -0.39 is 0 Å². The number of carbonyl (C=O) groups excluding carboxylic acids is 1. The summed E-state index contributed by atoms with van der Waals surface area (Å²) in [5.41, 5.74) is 4.83. The van der Waals surface area contributed by atoms with Gasteiger partial charge in [0, 0.05) is 12.3 Å². The predicted octanol–water partition coefficient (Wildman–Crippen LogP) is 4.38. The highest BCUT2D eigenvalue weighted by molar-refractivity contribution is 8.13. The van der Waals surface area contributed by atoms with Crippen molar-refractivity contribution in [2.24, 2.45) is 4.99 Å². The lowest BCUT2D eigenvalue weighted by Crippen LogP contribution is -2.34. The molecule has 0 radical (unpaired) electrons. The van der Waals surface area contributed by atoms with E-state index in [1.807, 2.05) is 36.1 Å². The fourth-order valence-corrected chi connectivity index (χ4v) is 4.15. The Morgan fingerprint density at radius 2 is 1.96 bits per heavy atom. The Labute approximate surface area is 165 Å². The average Bonchev–Trinajstić information content (AvgIpc) is 3.13. The van der Waals surface area contributed by atoms with Crippen LogP contribution < -0.4 is 4.74 Å². The minimum atomic E-state index is 0.101. The third-order valence-electron chi connectivity index (χ3n) is 4.55. The molecule has 1 aliphatic heterocycles. The molecule has 1 aliphatic rings. The quantitative estimate of drug-likeness (QED) is 0.745. The maximum absolute atomic E-state index is 12.8. The van der Waals surface area contributed by atoms with E-state index in [0.717, 1.165) is 22.2 Å². The lowest BCUT2D eigenvalue weighted by Gasteiger charge is -2.18. The van der Waals surface area contributed by atoms with E-state index in [0.29, 0.717) is 26.1 Å².